The molecule has 0 amide bonds. The highest BCUT2D eigenvalue weighted by Crippen LogP contribution is 2.38. The summed E-state index contributed by atoms with van der Waals surface area (Å²) in [4.78, 5) is 0. The Kier molecular flexibility index (Phi) is 12.4. The molecule has 1 fully saturated rings. The van der Waals surface area contributed by atoms with E-state index >= 15 is 0 Å². The summed E-state index contributed by atoms with van der Waals surface area (Å²) in [7, 11) is 0. The van der Waals surface area contributed by atoms with Gasteiger partial charge in [0.15, 0.2) is 0 Å². The van der Waals surface area contributed by atoms with Gasteiger partial charge >= 0.3 is 0 Å². The molecule has 0 spiro atoms. The van der Waals surface area contributed by atoms with Crippen molar-refractivity contribution in [2.45, 2.75) is 128 Å². The third-order valence-corrected chi connectivity index (χ3v) is 6.86. The lowest BCUT2D eigenvalue weighted by atomic mass is 9.76. The molecule has 1 aromatic carbocycles. The molecule has 1 aromatic rings. The topological polar surface area (TPSA) is 20.2 Å². The van der Waals surface area contributed by atoms with Crippen LogP contribution in [0.4, 0.5) is 0 Å². The van der Waals surface area contributed by atoms with Gasteiger partial charge < -0.3 is 5.11 Å². The van der Waals surface area contributed by atoms with Gasteiger partial charge in [-0.3, -0.25) is 0 Å². The average Bonchev–Trinajstić information content (AvgIpc) is 2.72. The van der Waals surface area contributed by atoms with E-state index in [1.807, 2.05) is 12.1 Å². The summed E-state index contributed by atoms with van der Waals surface area (Å²) in [5.41, 5.74) is 1.44. The molecule has 1 saturated carbocycles. The maximum Gasteiger partial charge on any atom is 0.115 e. The smallest absolute Gasteiger partial charge is 0.115 e. The van der Waals surface area contributed by atoms with Crippen LogP contribution < -0.4 is 0 Å². The predicted octanol–water partition coefficient (Wildman–Crippen LogP) is 9.15. The van der Waals surface area contributed by atoms with E-state index in [0.29, 0.717) is 5.75 Å². The van der Waals surface area contributed by atoms with Crippen molar-refractivity contribution in [3.63, 3.8) is 0 Å². The number of phenols is 1. The first-order valence-electron chi connectivity index (χ1n) is 12.6. The molecule has 2 rings (SSSR count). The van der Waals surface area contributed by atoms with E-state index in [1.165, 1.54) is 121 Å². The largest absolute Gasteiger partial charge is 0.508 e. The highest BCUT2D eigenvalue weighted by atomic mass is 16.3. The summed E-state index contributed by atoms with van der Waals surface area (Å²) < 4.78 is 0. The van der Waals surface area contributed by atoms with Crippen molar-refractivity contribution >= 4 is 0 Å². The van der Waals surface area contributed by atoms with Crippen molar-refractivity contribution in [2.24, 2.45) is 5.92 Å². The van der Waals surface area contributed by atoms with Crippen LogP contribution in [0, 0.1) is 5.92 Å². The zero-order valence-corrected chi connectivity index (χ0v) is 18.6. The lowest BCUT2D eigenvalue weighted by molar-refractivity contribution is 0.297. The first-order valence-corrected chi connectivity index (χ1v) is 12.6. The van der Waals surface area contributed by atoms with Crippen LogP contribution in [0.3, 0.4) is 0 Å². The van der Waals surface area contributed by atoms with Gasteiger partial charge in [-0.2, -0.15) is 0 Å². The molecular formula is C27H46O. The number of hydrogen-bond donors (Lipinski definition) is 1. The molecule has 1 heteroatoms. The van der Waals surface area contributed by atoms with Crippen LogP contribution >= 0.6 is 0 Å². The Bertz CT molecular complexity index is 478. The lowest BCUT2D eigenvalue weighted by Gasteiger charge is -2.29. The van der Waals surface area contributed by atoms with Crippen molar-refractivity contribution in [3.05, 3.63) is 29.8 Å². The van der Waals surface area contributed by atoms with Crippen molar-refractivity contribution in [3.8, 4) is 5.75 Å². The minimum atomic E-state index is 0.392. The summed E-state index contributed by atoms with van der Waals surface area (Å²) in [6, 6.07) is 7.97. The minimum Gasteiger partial charge on any atom is -0.508 e. The van der Waals surface area contributed by atoms with Gasteiger partial charge in [0.25, 0.3) is 0 Å². The Morgan fingerprint density at radius 1 is 0.714 bits per heavy atom. The number of aromatic hydroxyl groups is 1. The zero-order valence-electron chi connectivity index (χ0n) is 18.6. The first kappa shape index (κ1) is 23.3. The molecule has 1 nitrogen and oxygen atoms in total. The molecule has 1 N–H and O–H groups in total. The standard InChI is InChI=1S/C27H46O/c1-2-3-4-5-6-7-8-9-10-11-12-13-14-16-24-17-15-18-26(23-24)25-19-21-27(28)22-20-25/h19-22,24,26,28H,2-18,23H2,1H3. The van der Waals surface area contributed by atoms with Crippen LogP contribution in [0.1, 0.15) is 134 Å². The van der Waals surface area contributed by atoms with Crippen molar-refractivity contribution in [2.75, 3.05) is 0 Å². The van der Waals surface area contributed by atoms with Crippen LogP contribution in [-0.2, 0) is 0 Å². The van der Waals surface area contributed by atoms with Gasteiger partial charge in [-0.25, -0.2) is 0 Å². The molecular weight excluding hydrogens is 340 g/mol. The Labute approximate surface area is 175 Å². The quantitative estimate of drug-likeness (QED) is 0.298. The van der Waals surface area contributed by atoms with Crippen LogP contribution in [0.15, 0.2) is 24.3 Å². The van der Waals surface area contributed by atoms with Crippen LogP contribution in [0.5, 0.6) is 5.75 Å². The van der Waals surface area contributed by atoms with Gasteiger partial charge in [0, 0.05) is 0 Å². The normalized spacial score (nSPS) is 19.8. The molecule has 2 unspecified atom stereocenters. The van der Waals surface area contributed by atoms with E-state index in [0.717, 1.165) is 11.8 Å². The average molecular weight is 387 g/mol. The first-order chi connectivity index (χ1) is 13.8. The van der Waals surface area contributed by atoms with Crippen LogP contribution in [-0.4, -0.2) is 5.11 Å². The van der Waals surface area contributed by atoms with Crippen molar-refractivity contribution in [1.82, 2.24) is 0 Å². The van der Waals surface area contributed by atoms with Crippen LogP contribution in [0.25, 0.3) is 0 Å². The van der Waals surface area contributed by atoms with E-state index in [2.05, 4.69) is 19.1 Å². The molecule has 2 atom stereocenters. The molecule has 0 heterocycles. The van der Waals surface area contributed by atoms with Gasteiger partial charge in [0.05, 0.1) is 0 Å². The number of unbranched alkanes of at least 4 members (excludes halogenated alkanes) is 12. The molecule has 0 aromatic heterocycles. The monoisotopic (exact) mass is 386 g/mol. The summed E-state index contributed by atoms with van der Waals surface area (Å²) in [6.07, 6.45) is 25.8. The Morgan fingerprint density at radius 2 is 1.25 bits per heavy atom. The molecule has 1 aliphatic rings. The molecule has 160 valence electrons. The van der Waals surface area contributed by atoms with Gasteiger partial charge in [-0.1, -0.05) is 122 Å². The Morgan fingerprint density at radius 3 is 1.82 bits per heavy atom. The summed E-state index contributed by atoms with van der Waals surface area (Å²) >= 11 is 0. The SMILES string of the molecule is CCCCCCCCCCCCCCCC1CCCC(c2ccc(O)cc2)C1. The Balaban J connectivity index is 1.43. The fourth-order valence-electron chi connectivity index (χ4n) is 5.05. The van der Waals surface area contributed by atoms with E-state index in [9.17, 15) is 5.11 Å². The fourth-order valence-corrected chi connectivity index (χ4v) is 5.05. The van der Waals surface area contributed by atoms with E-state index in [-0.39, 0.29) is 0 Å². The summed E-state index contributed by atoms with van der Waals surface area (Å²) in [5, 5.41) is 9.49. The van der Waals surface area contributed by atoms with Crippen LogP contribution in [0.2, 0.25) is 0 Å². The number of rotatable bonds is 15. The zero-order chi connectivity index (χ0) is 19.9. The second-order valence-corrected chi connectivity index (χ2v) is 9.35. The molecule has 0 saturated heterocycles. The van der Waals surface area contributed by atoms with Gasteiger partial charge in [-0.05, 0) is 42.4 Å². The highest BCUT2D eigenvalue weighted by Gasteiger charge is 2.22. The number of phenolic OH excluding ortho intramolecular Hbond substituents is 1. The molecule has 1 aliphatic carbocycles. The molecule has 0 aliphatic heterocycles. The summed E-state index contributed by atoms with van der Waals surface area (Å²) in [5.74, 6) is 2.05. The van der Waals surface area contributed by atoms with Crippen molar-refractivity contribution < 1.29 is 5.11 Å². The van der Waals surface area contributed by atoms with E-state index < -0.39 is 0 Å². The molecule has 0 radical (unpaired) electrons. The van der Waals surface area contributed by atoms with Gasteiger partial charge in [0.1, 0.15) is 5.75 Å². The third-order valence-electron chi connectivity index (χ3n) is 6.86. The second-order valence-electron chi connectivity index (χ2n) is 9.35. The Hall–Kier alpha value is -0.980. The van der Waals surface area contributed by atoms with E-state index in [1.54, 1.807) is 0 Å². The fraction of sp³-hybridized carbons (Fsp3) is 0.778. The maximum absolute atomic E-state index is 9.49. The predicted molar refractivity (Wildman–Crippen MR) is 123 cm³/mol. The van der Waals surface area contributed by atoms with Crippen molar-refractivity contribution in [1.29, 1.82) is 0 Å². The second kappa shape index (κ2) is 14.9. The lowest BCUT2D eigenvalue weighted by Crippen LogP contribution is -2.14. The molecule has 0 bridgehead atoms. The minimum absolute atomic E-state index is 0.392. The number of benzene rings is 1. The number of hydrogen-bond acceptors (Lipinski definition) is 1. The van der Waals surface area contributed by atoms with E-state index in [4.69, 9.17) is 0 Å². The summed E-state index contributed by atoms with van der Waals surface area (Å²) in [6.45, 7) is 2.30. The van der Waals surface area contributed by atoms with Gasteiger partial charge in [-0.15, -0.1) is 0 Å². The highest BCUT2D eigenvalue weighted by molar-refractivity contribution is 5.28. The van der Waals surface area contributed by atoms with Gasteiger partial charge in [0.2, 0.25) is 0 Å². The third kappa shape index (κ3) is 9.99. The maximum atomic E-state index is 9.49. The molecule has 28 heavy (non-hydrogen) atoms.